The fourth-order valence-electron chi connectivity index (χ4n) is 2.05. The molecule has 20 heavy (non-hydrogen) atoms. The van der Waals surface area contributed by atoms with Crippen LogP contribution in [0.15, 0.2) is 34.1 Å². The molecule has 1 N–H and O–H groups in total. The summed E-state index contributed by atoms with van der Waals surface area (Å²) in [5.41, 5.74) is 0.514. The van der Waals surface area contributed by atoms with E-state index in [1.54, 1.807) is 11.3 Å². The monoisotopic (exact) mass is 359 g/mol. The van der Waals surface area contributed by atoms with Crippen molar-refractivity contribution in [1.82, 2.24) is 5.32 Å². The molecule has 1 aromatic carbocycles. The van der Waals surface area contributed by atoms with E-state index >= 15 is 0 Å². The quantitative estimate of drug-likeness (QED) is 0.758. The van der Waals surface area contributed by atoms with Crippen molar-refractivity contribution in [3.63, 3.8) is 0 Å². The molecule has 0 radical (unpaired) electrons. The van der Waals surface area contributed by atoms with Crippen LogP contribution >= 0.6 is 27.3 Å². The van der Waals surface area contributed by atoms with Crippen molar-refractivity contribution in [2.24, 2.45) is 0 Å². The van der Waals surface area contributed by atoms with Crippen LogP contribution in [-0.2, 0) is 6.42 Å². The third kappa shape index (κ3) is 3.87. The molecule has 5 heteroatoms. The first kappa shape index (κ1) is 15.6. The Morgan fingerprint density at radius 3 is 2.70 bits per heavy atom. The van der Waals surface area contributed by atoms with Crippen molar-refractivity contribution in [3.8, 4) is 0 Å². The summed E-state index contributed by atoms with van der Waals surface area (Å²) >= 11 is 5.13. The summed E-state index contributed by atoms with van der Waals surface area (Å²) in [5, 5.41) is 5.33. The summed E-state index contributed by atoms with van der Waals surface area (Å²) in [6.07, 6.45) is 1.64. The average molecular weight is 360 g/mol. The Hall–Kier alpha value is -0.780. The normalized spacial score (nSPS) is 12.6. The van der Waals surface area contributed by atoms with Gasteiger partial charge in [0.2, 0.25) is 0 Å². The minimum atomic E-state index is -0.544. The number of rotatable bonds is 6. The smallest absolute Gasteiger partial charge is 0.130 e. The van der Waals surface area contributed by atoms with Gasteiger partial charge in [0.15, 0.2) is 0 Å². The molecule has 0 amide bonds. The fourth-order valence-corrected chi connectivity index (χ4v) is 3.61. The van der Waals surface area contributed by atoms with Crippen molar-refractivity contribution in [3.05, 3.63) is 56.2 Å². The number of halogens is 3. The SMILES string of the molecule is CCCNC(Cc1sccc1Br)c1ccc(F)cc1F. The van der Waals surface area contributed by atoms with Crippen molar-refractivity contribution < 1.29 is 8.78 Å². The lowest BCUT2D eigenvalue weighted by atomic mass is 10.0. The van der Waals surface area contributed by atoms with Crippen LogP contribution in [0.5, 0.6) is 0 Å². The van der Waals surface area contributed by atoms with Crippen LogP contribution in [0.3, 0.4) is 0 Å². The molecule has 108 valence electrons. The average Bonchev–Trinajstić information content (AvgIpc) is 2.80. The summed E-state index contributed by atoms with van der Waals surface area (Å²) in [7, 11) is 0. The molecule has 1 heterocycles. The number of nitrogens with one attached hydrogen (secondary N) is 1. The molecule has 0 bridgehead atoms. The summed E-state index contributed by atoms with van der Waals surface area (Å²) < 4.78 is 28.0. The van der Waals surface area contributed by atoms with Gasteiger partial charge in [-0.2, -0.15) is 0 Å². The topological polar surface area (TPSA) is 12.0 Å². The van der Waals surface area contributed by atoms with Gasteiger partial charge in [-0.15, -0.1) is 11.3 Å². The van der Waals surface area contributed by atoms with Gasteiger partial charge in [-0.1, -0.05) is 13.0 Å². The molecular weight excluding hydrogens is 344 g/mol. The highest BCUT2D eigenvalue weighted by Gasteiger charge is 2.18. The van der Waals surface area contributed by atoms with Crippen molar-refractivity contribution in [1.29, 1.82) is 0 Å². The molecule has 1 aromatic heterocycles. The Morgan fingerprint density at radius 1 is 1.30 bits per heavy atom. The van der Waals surface area contributed by atoms with E-state index in [1.165, 1.54) is 12.1 Å². The van der Waals surface area contributed by atoms with Gasteiger partial charge < -0.3 is 5.32 Å². The van der Waals surface area contributed by atoms with Gasteiger partial charge in [-0.3, -0.25) is 0 Å². The zero-order valence-electron chi connectivity index (χ0n) is 11.1. The number of benzene rings is 1. The van der Waals surface area contributed by atoms with Gasteiger partial charge in [0.25, 0.3) is 0 Å². The zero-order chi connectivity index (χ0) is 14.5. The van der Waals surface area contributed by atoms with Gasteiger partial charge in [0.05, 0.1) is 0 Å². The molecule has 0 aliphatic heterocycles. The Balaban J connectivity index is 2.24. The minimum Gasteiger partial charge on any atom is -0.310 e. The van der Waals surface area contributed by atoms with E-state index in [4.69, 9.17) is 0 Å². The van der Waals surface area contributed by atoms with Crippen LogP contribution < -0.4 is 5.32 Å². The molecule has 0 aliphatic rings. The molecule has 0 spiro atoms. The predicted molar refractivity (Wildman–Crippen MR) is 83.1 cm³/mol. The number of hydrogen-bond donors (Lipinski definition) is 1. The van der Waals surface area contributed by atoms with E-state index in [0.717, 1.165) is 28.4 Å². The van der Waals surface area contributed by atoms with E-state index in [2.05, 4.69) is 28.2 Å². The molecule has 2 rings (SSSR count). The summed E-state index contributed by atoms with van der Waals surface area (Å²) in [5.74, 6) is -1.04. The van der Waals surface area contributed by atoms with Gasteiger partial charge >= 0.3 is 0 Å². The van der Waals surface area contributed by atoms with Crippen molar-refractivity contribution in [2.75, 3.05) is 6.54 Å². The van der Waals surface area contributed by atoms with E-state index in [0.29, 0.717) is 12.0 Å². The fraction of sp³-hybridized carbons (Fsp3) is 0.333. The van der Waals surface area contributed by atoms with Gasteiger partial charge in [-0.05, 0) is 46.4 Å². The van der Waals surface area contributed by atoms with Crippen LogP contribution in [0.25, 0.3) is 0 Å². The third-order valence-electron chi connectivity index (χ3n) is 3.06. The second kappa shape index (κ2) is 7.29. The van der Waals surface area contributed by atoms with Gasteiger partial charge in [0.1, 0.15) is 11.6 Å². The van der Waals surface area contributed by atoms with E-state index < -0.39 is 11.6 Å². The molecular formula is C15H16BrF2NS. The molecule has 0 saturated carbocycles. The van der Waals surface area contributed by atoms with Crippen LogP contribution in [0.2, 0.25) is 0 Å². The molecule has 2 aromatic rings. The maximum absolute atomic E-state index is 14.0. The van der Waals surface area contributed by atoms with E-state index in [-0.39, 0.29) is 6.04 Å². The van der Waals surface area contributed by atoms with Crippen LogP contribution in [-0.4, -0.2) is 6.54 Å². The first-order chi connectivity index (χ1) is 9.61. The minimum absolute atomic E-state index is 0.148. The Morgan fingerprint density at radius 2 is 2.10 bits per heavy atom. The summed E-state index contributed by atoms with van der Waals surface area (Å²) in [4.78, 5) is 1.15. The Bertz CT molecular complexity index is 571. The lowest BCUT2D eigenvalue weighted by Crippen LogP contribution is -2.25. The highest BCUT2D eigenvalue weighted by Crippen LogP contribution is 2.29. The highest BCUT2D eigenvalue weighted by molar-refractivity contribution is 9.10. The predicted octanol–water partition coefficient (Wildman–Crippen LogP) is 5.07. The molecule has 1 nitrogen and oxygen atoms in total. The standard InChI is InChI=1S/C15H16BrF2NS/c1-2-6-19-14(9-15-12(16)5-7-20-15)11-4-3-10(17)8-13(11)18/h3-5,7-8,14,19H,2,6,9H2,1H3. The molecule has 0 saturated heterocycles. The molecule has 0 aliphatic carbocycles. The van der Waals surface area contributed by atoms with Crippen LogP contribution in [0, 0.1) is 11.6 Å². The number of thiophene rings is 1. The Labute approximate surface area is 130 Å². The van der Waals surface area contributed by atoms with Gasteiger partial charge in [0, 0.05) is 33.4 Å². The molecule has 1 unspecified atom stereocenters. The first-order valence-corrected chi connectivity index (χ1v) is 8.19. The lowest BCUT2D eigenvalue weighted by Gasteiger charge is -2.19. The lowest BCUT2D eigenvalue weighted by molar-refractivity contribution is 0.492. The first-order valence-electron chi connectivity index (χ1n) is 6.52. The summed E-state index contributed by atoms with van der Waals surface area (Å²) in [6, 6.07) is 5.62. The van der Waals surface area contributed by atoms with E-state index in [9.17, 15) is 8.78 Å². The Kier molecular flexibility index (Phi) is 5.69. The number of hydrogen-bond acceptors (Lipinski definition) is 2. The van der Waals surface area contributed by atoms with Crippen LogP contribution in [0.4, 0.5) is 8.78 Å². The second-order valence-corrected chi connectivity index (χ2v) is 6.42. The molecule has 1 atom stereocenters. The zero-order valence-corrected chi connectivity index (χ0v) is 13.5. The maximum atomic E-state index is 14.0. The highest BCUT2D eigenvalue weighted by atomic mass is 79.9. The maximum Gasteiger partial charge on any atom is 0.130 e. The van der Waals surface area contributed by atoms with Crippen LogP contribution in [0.1, 0.15) is 29.8 Å². The molecule has 0 fully saturated rings. The largest absolute Gasteiger partial charge is 0.310 e. The van der Waals surface area contributed by atoms with Gasteiger partial charge in [-0.25, -0.2) is 8.78 Å². The second-order valence-electron chi connectivity index (χ2n) is 4.57. The van der Waals surface area contributed by atoms with E-state index in [1.807, 2.05) is 11.4 Å². The third-order valence-corrected chi connectivity index (χ3v) is 5.01. The summed E-state index contributed by atoms with van der Waals surface area (Å²) in [6.45, 7) is 2.86. The van der Waals surface area contributed by atoms with Crippen molar-refractivity contribution in [2.45, 2.75) is 25.8 Å². The van der Waals surface area contributed by atoms with Crippen molar-refractivity contribution >= 4 is 27.3 Å².